The van der Waals surface area contributed by atoms with Crippen LogP contribution < -0.4 is 10.1 Å². The first-order valence-corrected chi connectivity index (χ1v) is 6.26. The molecule has 0 aromatic heterocycles. The Balaban J connectivity index is 1.77. The van der Waals surface area contributed by atoms with Crippen molar-refractivity contribution in [3.63, 3.8) is 0 Å². The van der Waals surface area contributed by atoms with Crippen molar-refractivity contribution >= 4 is 0 Å². The molecule has 17 heavy (non-hydrogen) atoms. The maximum Gasteiger partial charge on any atom is 0.119 e. The van der Waals surface area contributed by atoms with Crippen LogP contribution in [0.15, 0.2) is 18.2 Å². The van der Waals surface area contributed by atoms with E-state index in [1.54, 1.807) is 0 Å². The standard InChI is InChI=1S/C14H21NO2/c1-11-7-12(2)9-14(8-11)17-5-3-13-10-16-6-4-15-13/h7-9,13,15H,3-6,10H2,1-2H3. The van der Waals surface area contributed by atoms with Gasteiger partial charge in [0, 0.05) is 12.6 Å². The van der Waals surface area contributed by atoms with E-state index in [2.05, 4.69) is 37.4 Å². The van der Waals surface area contributed by atoms with Gasteiger partial charge in [0.2, 0.25) is 0 Å². The average Bonchev–Trinajstić information content (AvgIpc) is 2.29. The zero-order chi connectivity index (χ0) is 12.1. The second-order valence-corrected chi connectivity index (χ2v) is 4.69. The summed E-state index contributed by atoms with van der Waals surface area (Å²) in [5.41, 5.74) is 2.50. The summed E-state index contributed by atoms with van der Waals surface area (Å²) < 4.78 is 11.2. The van der Waals surface area contributed by atoms with E-state index in [0.717, 1.165) is 38.5 Å². The van der Waals surface area contributed by atoms with E-state index in [1.807, 2.05) is 0 Å². The van der Waals surface area contributed by atoms with E-state index in [0.29, 0.717) is 6.04 Å². The third kappa shape index (κ3) is 4.02. The summed E-state index contributed by atoms with van der Waals surface area (Å²) in [6, 6.07) is 6.76. The van der Waals surface area contributed by atoms with Crippen LogP contribution in [0.25, 0.3) is 0 Å². The Bertz CT molecular complexity index is 339. The highest BCUT2D eigenvalue weighted by atomic mass is 16.5. The van der Waals surface area contributed by atoms with Crippen molar-refractivity contribution in [3.05, 3.63) is 29.3 Å². The van der Waals surface area contributed by atoms with Crippen LogP contribution in [0.2, 0.25) is 0 Å². The average molecular weight is 235 g/mol. The smallest absolute Gasteiger partial charge is 0.119 e. The first-order valence-electron chi connectivity index (χ1n) is 6.26. The van der Waals surface area contributed by atoms with Crippen LogP contribution in [-0.4, -0.2) is 32.4 Å². The zero-order valence-electron chi connectivity index (χ0n) is 10.7. The van der Waals surface area contributed by atoms with Gasteiger partial charge in [0.1, 0.15) is 5.75 Å². The molecule has 1 unspecified atom stereocenters. The summed E-state index contributed by atoms with van der Waals surface area (Å²) >= 11 is 0. The largest absolute Gasteiger partial charge is 0.494 e. The molecule has 1 saturated heterocycles. The molecule has 1 N–H and O–H groups in total. The highest BCUT2D eigenvalue weighted by Crippen LogP contribution is 2.16. The van der Waals surface area contributed by atoms with Crippen molar-refractivity contribution < 1.29 is 9.47 Å². The van der Waals surface area contributed by atoms with E-state index < -0.39 is 0 Å². The predicted molar refractivity (Wildman–Crippen MR) is 68.6 cm³/mol. The lowest BCUT2D eigenvalue weighted by atomic mass is 10.1. The summed E-state index contributed by atoms with van der Waals surface area (Å²) in [5.74, 6) is 0.972. The monoisotopic (exact) mass is 235 g/mol. The second kappa shape index (κ2) is 6.03. The van der Waals surface area contributed by atoms with Gasteiger partial charge in [-0.1, -0.05) is 6.07 Å². The Morgan fingerprint density at radius 1 is 1.29 bits per heavy atom. The van der Waals surface area contributed by atoms with Crippen LogP contribution in [0, 0.1) is 13.8 Å². The van der Waals surface area contributed by atoms with Gasteiger partial charge in [-0.05, 0) is 43.5 Å². The maximum absolute atomic E-state index is 5.77. The van der Waals surface area contributed by atoms with E-state index in [1.165, 1.54) is 11.1 Å². The van der Waals surface area contributed by atoms with Crippen molar-refractivity contribution in [2.24, 2.45) is 0 Å². The first kappa shape index (κ1) is 12.4. The van der Waals surface area contributed by atoms with Gasteiger partial charge in [-0.15, -0.1) is 0 Å². The lowest BCUT2D eigenvalue weighted by Crippen LogP contribution is -2.41. The molecule has 1 aromatic rings. The number of benzene rings is 1. The lowest BCUT2D eigenvalue weighted by molar-refractivity contribution is 0.0691. The molecular weight excluding hydrogens is 214 g/mol. The highest BCUT2D eigenvalue weighted by molar-refractivity contribution is 5.32. The number of nitrogens with one attached hydrogen (secondary N) is 1. The molecule has 0 saturated carbocycles. The molecule has 3 heteroatoms. The van der Waals surface area contributed by atoms with Crippen molar-refractivity contribution in [3.8, 4) is 5.75 Å². The molecule has 1 aliphatic heterocycles. The van der Waals surface area contributed by atoms with Gasteiger partial charge in [0.25, 0.3) is 0 Å². The van der Waals surface area contributed by atoms with Crippen LogP contribution >= 0.6 is 0 Å². The minimum atomic E-state index is 0.439. The van der Waals surface area contributed by atoms with Crippen LogP contribution in [0.1, 0.15) is 17.5 Å². The third-order valence-corrected chi connectivity index (χ3v) is 2.93. The number of morpholine rings is 1. The number of rotatable bonds is 4. The maximum atomic E-state index is 5.77. The summed E-state index contributed by atoms with van der Waals surface area (Å²) in [4.78, 5) is 0. The Labute approximate surface area is 103 Å². The number of aryl methyl sites for hydroxylation is 2. The van der Waals surface area contributed by atoms with E-state index in [-0.39, 0.29) is 0 Å². The molecule has 1 fully saturated rings. The zero-order valence-corrected chi connectivity index (χ0v) is 10.7. The SMILES string of the molecule is Cc1cc(C)cc(OCCC2COCCN2)c1. The molecule has 0 radical (unpaired) electrons. The molecule has 0 spiro atoms. The minimum absolute atomic E-state index is 0.439. The van der Waals surface area contributed by atoms with Gasteiger partial charge >= 0.3 is 0 Å². The van der Waals surface area contributed by atoms with Crippen molar-refractivity contribution in [2.75, 3.05) is 26.4 Å². The molecule has 94 valence electrons. The van der Waals surface area contributed by atoms with Crippen LogP contribution in [-0.2, 0) is 4.74 Å². The quantitative estimate of drug-likeness (QED) is 0.866. The molecular formula is C14H21NO2. The molecule has 1 heterocycles. The third-order valence-electron chi connectivity index (χ3n) is 2.93. The van der Waals surface area contributed by atoms with Gasteiger partial charge < -0.3 is 14.8 Å². The number of hydrogen-bond donors (Lipinski definition) is 1. The first-order chi connectivity index (χ1) is 8.24. The molecule has 0 amide bonds. The fourth-order valence-electron chi connectivity index (χ4n) is 2.14. The Morgan fingerprint density at radius 2 is 2.06 bits per heavy atom. The van der Waals surface area contributed by atoms with Crippen LogP contribution in [0.4, 0.5) is 0 Å². The summed E-state index contributed by atoms with van der Waals surface area (Å²) in [6.07, 6.45) is 0.993. The molecule has 1 aliphatic rings. The number of hydrogen-bond acceptors (Lipinski definition) is 3. The summed E-state index contributed by atoms with van der Waals surface area (Å²) in [6.45, 7) is 7.51. The molecule has 0 bridgehead atoms. The molecule has 1 aromatic carbocycles. The second-order valence-electron chi connectivity index (χ2n) is 4.69. The van der Waals surface area contributed by atoms with E-state index in [9.17, 15) is 0 Å². The van der Waals surface area contributed by atoms with Gasteiger partial charge in [-0.25, -0.2) is 0 Å². The molecule has 2 rings (SSSR count). The highest BCUT2D eigenvalue weighted by Gasteiger charge is 2.12. The van der Waals surface area contributed by atoms with Crippen LogP contribution in [0.3, 0.4) is 0 Å². The van der Waals surface area contributed by atoms with Gasteiger partial charge in [0.05, 0.1) is 19.8 Å². The van der Waals surface area contributed by atoms with Gasteiger partial charge in [-0.2, -0.15) is 0 Å². The van der Waals surface area contributed by atoms with Gasteiger partial charge in [0.15, 0.2) is 0 Å². The Kier molecular flexibility index (Phi) is 4.40. The predicted octanol–water partition coefficient (Wildman–Crippen LogP) is 2.06. The van der Waals surface area contributed by atoms with Crippen molar-refractivity contribution in [1.82, 2.24) is 5.32 Å². The topological polar surface area (TPSA) is 30.5 Å². The van der Waals surface area contributed by atoms with Gasteiger partial charge in [-0.3, -0.25) is 0 Å². The summed E-state index contributed by atoms with van der Waals surface area (Å²) in [5, 5.41) is 3.42. The Hall–Kier alpha value is -1.06. The lowest BCUT2D eigenvalue weighted by Gasteiger charge is -2.23. The molecule has 1 atom stereocenters. The number of ether oxygens (including phenoxy) is 2. The fourth-order valence-corrected chi connectivity index (χ4v) is 2.14. The molecule has 3 nitrogen and oxygen atoms in total. The van der Waals surface area contributed by atoms with E-state index in [4.69, 9.17) is 9.47 Å². The Morgan fingerprint density at radius 3 is 2.71 bits per heavy atom. The minimum Gasteiger partial charge on any atom is -0.494 e. The normalized spacial score (nSPS) is 20.2. The van der Waals surface area contributed by atoms with Crippen molar-refractivity contribution in [1.29, 1.82) is 0 Å². The van der Waals surface area contributed by atoms with E-state index >= 15 is 0 Å². The molecule has 0 aliphatic carbocycles. The fraction of sp³-hybridized carbons (Fsp3) is 0.571. The van der Waals surface area contributed by atoms with Crippen molar-refractivity contribution in [2.45, 2.75) is 26.3 Å². The van der Waals surface area contributed by atoms with Crippen LogP contribution in [0.5, 0.6) is 5.75 Å². The summed E-state index contributed by atoms with van der Waals surface area (Å²) in [7, 11) is 0.